The summed E-state index contributed by atoms with van der Waals surface area (Å²) in [7, 11) is 1.64. The van der Waals surface area contributed by atoms with Crippen molar-refractivity contribution in [1.82, 2.24) is 19.5 Å². The van der Waals surface area contributed by atoms with E-state index in [2.05, 4.69) is 39.5 Å². The molecule has 0 amide bonds. The molecule has 0 spiro atoms. The number of imidazole rings is 1. The Morgan fingerprint density at radius 2 is 1.91 bits per heavy atom. The molecule has 1 atom stereocenters. The molecule has 0 bridgehead atoms. The molecule has 1 unspecified atom stereocenters. The average Bonchev–Trinajstić information content (AvgIpc) is 3.48. The monoisotopic (exact) mass is 506 g/mol. The summed E-state index contributed by atoms with van der Waals surface area (Å²) < 4.78 is 7.47. The van der Waals surface area contributed by atoms with Gasteiger partial charge in [-0.05, 0) is 30.5 Å². The quantitative estimate of drug-likeness (QED) is 0.344. The lowest BCUT2D eigenvalue weighted by Crippen LogP contribution is -2.48. The summed E-state index contributed by atoms with van der Waals surface area (Å²) in [5.41, 5.74) is 5.28. The molecule has 4 aromatic rings. The van der Waals surface area contributed by atoms with E-state index in [1.54, 1.807) is 19.6 Å². The van der Waals surface area contributed by atoms with Crippen molar-refractivity contribution in [1.29, 1.82) is 0 Å². The topological polar surface area (TPSA) is 68.1 Å². The van der Waals surface area contributed by atoms with Crippen molar-refractivity contribution in [3.63, 3.8) is 0 Å². The van der Waals surface area contributed by atoms with Crippen molar-refractivity contribution in [2.24, 2.45) is 0 Å². The third-order valence-electron chi connectivity index (χ3n) is 6.63. The van der Waals surface area contributed by atoms with E-state index in [9.17, 15) is 0 Å². The van der Waals surface area contributed by atoms with Crippen molar-refractivity contribution in [2.45, 2.75) is 24.1 Å². The van der Waals surface area contributed by atoms with Crippen LogP contribution in [0.1, 0.15) is 29.2 Å². The Hall–Kier alpha value is -3.29. The maximum absolute atomic E-state index is 6.31. The Morgan fingerprint density at radius 3 is 2.63 bits per heavy atom. The molecule has 1 aliphatic heterocycles. The minimum Gasteiger partial charge on any atom is -0.494 e. The number of hydrogen-bond acceptors (Lipinski definition) is 6. The van der Waals surface area contributed by atoms with Gasteiger partial charge in [0.25, 0.3) is 0 Å². The van der Waals surface area contributed by atoms with E-state index in [4.69, 9.17) is 37.9 Å². The predicted octanol–water partition coefficient (Wildman–Crippen LogP) is 5.57. The van der Waals surface area contributed by atoms with E-state index >= 15 is 0 Å². The highest BCUT2D eigenvalue weighted by molar-refractivity contribution is 6.29. The van der Waals surface area contributed by atoms with Gasteiger partial charge in [-0.2, -0.15) is 4.98 Å². The molecule has 35 heavy (non-hydrogen) atoms. The van der Waals surface area contributed by atoms with Gasteiger partial charge in [-0.3, -0.25) is 0 Å². The van der Waals surface area contributed by atoms with Gasteiger partial charge in [0.2, 0.25) is 5.95 Å². The summed E-state index contributed by atoms with van der Waals surface area (Å²) in [5, 5.41) is 3.99. The van der Waals surface area contributed by atoms with Gasteiger partial charge in [0.1, 0.15) is 23.0 Å². The molecule has 1 aliphatic carbocycles. The fourth-order valence-electron chi connectivity index (χ4n) is 4.90. The number of rotatable bonds is 6. The van der Waals surface area contributed by atoms with Crippen molar-refractivity contribution >= 4 is 40.7 Å². The fraction of sp³-hybridized carbons (Fsp3) is 0.269. The Bertz CT molecular complexity index is 1370. The van der Waals surface area contributed by atoms with Gasteiger partial charge >= 0.3 is 0 Å². The summed E-state index contributed by atoms with van der Waals surface area (Å²) in [6.45, 7) is 1.60. The number of benzene rings is 2. The van der Waals surface area contributed by atoms with Crippen LogP contribution in [0.3, 0.4) is 0 Å². The lowest BCUT2D eigenvalue weighted by Gasteiger charge is -2.37. The molecule has 7 nitrogen and oxygen atoms in total. The summed E-state index contributed by atoms with van der Waals surface area (Å²) in [5.74, 6) is 2.49. The maximum atomic E-state index is 6.31. The lowest BCUT2D eigenvalue weighted by atomic mass is 9.97. The standard InChI is InChI=1S/C26H24Cl2N6O/c1-35-22-11-18(7-10-21(22)34-14-23(28)29-15-34)30-26-31-24-19(16-5-3-2-4-6-16)8-9-20(24)25(32-26)33-12-17(27)13-33/h2-7,10-11,14-15,17,19H,8-9,12-13H2,1H3,(H,30,31,32). The molecule has 1 N–H and O–H groups in total. The van der Waals surface area contributed by atoms with E-state index < -0.39 is 0 Å². The molecule has 3 heterocycles. The summed E-state index contributed by atoms with van der Waals surface area (Å²) in [6, 6.07) is 16.4. The molecule has 6 rings (SSSR count). The first-order valence-corrected chi connectivity index (χ1v) is 12.4. The van der Waals surface area contributed by atoms with Crippen LogP contribution in [0.5, 0.6) is 5.75 Å². The minimum absolute atomic E-state index is 0.164. The van der Waals surface area contributed by atoms with Gasteiger partial charge in [0, 0.05) is 42.5 Å². The SMILES string of the molecule is COc1cc(Nc2nc3c(c(N4CC(Cl)C4)n2)CCC3c2ccccc2)ccc1-n1cnc(Cl)c1. The van der Waals surface area contributed by atoms with Crippen molar-refractivity contribution < 1.29 is 4.74 Å². The normalized spacial score (nSPS) is 17.2. The zero-order valence-corrected chi connectivity index (χ0v) is 20.7. The fourth-order valence-corrected chi connectivity index (χ4v) is 5.38. The Morgan fingerprint density at radius 1 is 1.09 bits per heavy atom. The van der Waals surface area contributed by atoms with Gasteiger partial charge < -0.3 is 19.5 Å². The van der Waals surface area contributed by atoms with Gasteiger partial charge in [-0.25, -0.2) is 9.97 Å². The summed E-state index contributed by atoms with van der Waals surface area (Å²) in [4.78, 5) is 16.3. The molecule has 2 aromatic carbocycles. The van der Waals surface area contributed by atoms with Crippen LogP contribution in [0, 0.1) is 0 Å². The highest BCUT2D eigenvalue weighted by Crippen LogP contribution is 2.42. The number of alkyl halides is 1. The van der Waals surface area contributed by atoms with Crippen LogP contribution < -0.4 is 15.0 Å². The number of methoxy groups -OCH3 is 1. The second kappa shape index (κ2) is 9.06. The molecule has 0 saturated carbocycles. The third-order valence-corrected chi connectivity index (χ3v) is 7.11. The maximum Gasteiger partial charge on any atom is 0.229 e. The van der Waals surface area contributed by atoms with Crippen LogP contribution in [0.25, 0.3) is 5.69 Å². The van der Waals surface area contributed by atoms with Crippen LogP contribution >= 0.6 is 23.2 Å². The first-order valence-electron chi connectivity index (χ1n) is 11.6. The number of ether oxygens (including phenoxy) is 1. The van der Waals surface area contributed by atoms with Gasteiger partial charge in [-0.1, -0.05) is 41.9 Å². The number of anilines is 3. The first kappa shape index (κ1) is 22.2. The minimum atomic E-state index is 0.164. The summed E-state index contributed by atoms with van der Waals surface area (Å²) in [6.07, 6.45) is 5.38. The summed E-state index contributed by atoms with van der Waals surface area (Å²) >= 11 is 12.3. The smallest absolute Gasteiger partial charge is 0.229 e. The third kappa shape index (κ3) is 4.19. The molecule has 1 saturated heterocycles. The highest BCUT2D eigenvalue weighted by Gasteiger charge is 2.34. The number of halogens is 2. The molecule has 9 heteroatoms. The largest absolute Gasteiger partial charge is 0.494 e. The second-order valence-electron chi connectivity index (χ2n) is 8.85. The molecular formula is C26H24Cl2N6O. The van der Waals surface area contributed by atoms with Gasteiger partial charge in [-0.15, -0.1) is 11.6 Å². The number of hydrogen-bond donors (Lipinski definition) is 1. The Kier molecular flexibility index (Phi) is 5.74. The molecule has 178 valence electrons. The van der Waals surface area contributed by atoms with Crippen LogP contribution in [-0.4, -0.2) is 45.1 Å². The molecule has 2 aliphatic rings. The number of aromatic nitrogens is 4. The van der Waals surface area contributed by atoms with E-state index in [-0.39, 0.29) is 11.3 Å². The van der Waals surface area contributed by atoms with E-state index in [0.29, 0.717) is 16.9 Å². The Balaban J connectivity index is 1.36. The van der Waals surface area contributed by atoms with Gasteiger partial charge in [0.05, 0.1) is 23.9 Å². The van der Waals surface area contributed by atoms with E-state index in [0.717, 1.165) is 48.8 Å². The number of nitrogens with zero attached hydrogens (tertiary/aromatic N) is 5. The molecule has 1 fully saturated rings. The number of nitrogens with one attached hydrogen (secondary N) is 1. The van der Waals surface area contributed by atoms with Crippen LogP contribution in [0.2, 0.25) is 5.15 Å². The first-order chi connectivity index (χ1) is 17.1. The number of fused-ring (bicyclic) bond motifs is 1. The zero-order chi connectivity index (χ0) is 23.9. The second-order valence-corrected chi connectivity index (χ2v) is 9.86. The van der Waals surface area contributed by atoms with Gasteiger partial charge in [0.15, 0.2) is 0 Å². The molecule has 2 aromatic heterocycles. The molecule has 0 radical (unpaired) electrons. The Labute approximate surface area is 213 Å². The zero-order valence-electron chi connectivity index (χ0n) is 19.2. The molecular weight excluding hydrogens is 483 g/mol. The average molecular weight is 507 g/mol. The van der Waals surface area contributed by atoms with E-state index in [1.807, 2.05) is 28.8 Å². The van der Waals surface area contributed by atoms with Crippen molar-refractivity contribution in [3.8, 4) is 11.4 Å². The van der Waals surface area contributed by atoms with Crippen LogP contribution in [0.4, 0.5) is 17.5 Å². The van der Waals surface area contributed by atoms with E-state index in [1.165, 1.54) is 11.1 Å². The van der Waals surface area contributed by atoms with Crippen molar-refractivity contribution in [2.75, 3.05) is 30.4 Å². The van der Waals surface area contributed by atoms with Crippen LogP contribution in [-0.2, 0) is 6.42 Å². The lowest BCUT2D eigenvalue weighted by molar-refractivity contribution is 0.413. The van der Waals surface area contributed by atoms with Crippen LogP contribution in [0.15, 0.2) is 61.1 Å². The highest BCUT2D eigenvalue weighted by atomic mass is 35.5. The van der Waals surface area contributed by atoms with Crippen molar-refractivity contribution in [3.05, 3.63) is 83.0 Å². The predicted molar refractivity (Wildman–Crippen MR) is 139 cm³/mol.